The summed E-state index contributed by atoms with van der Waals surface area (Å²) in [7, 11) is -4.08. The van der Waals surface area contributed by atoms with Crippen molar-refractivity contribution < 1.29 is 36.2 Å². The third-order valence-corrected chi connectivity index (χ3v) is 9.49. The van der Waals surface area contributed by atoms with E-state index in [4.69, 9.17) is 11.6 Å². The molecule has 1 N–H and O–H groups in total. The molecular formula is C25H25ClF3N3O5S. The van der Waals surface area contributed by atoms with Gasteiger partial charge in [-0.25, -0.2) is 8.42 Å². The number of carbonyl (C=O) groups is 1. The van der Waals surface area contributed by atoms with E-state index in [0.717, 1.165) is 43.5 Å². The topological polar surface area (TPSA) is 102 Å². The first-order chi connectivity index (χ1) is 17.8. The molecule has 3 aromatic rings. The standard InChI is InChI=1S/C25H25ClF3N3O5S/c1-14-13-31(38(35,36)18-8-6-17(7-9-18)37-25(27,28)29)24(15-3-2-4-15)23(14)32-21-11-16(26)5-10-19(21)20(30-32)12-22(33)34/h5-11,14-15,23-24H,2-4,12-13H2,1H3,(H,33,34)/t14-,23-,24?/m1/s1. The molecule has 0 radical (unpaired) electrons. The second-order valence-electron chi connectivity index (χ2n) is 9.87. The van der Waals surface area contributed by atoms with Crippen LogP contribution >= 0.6 is 11.6 Å². The van der Waals surface area contributed by atoms with Crippen LogP contribution in [-0.4, -0.2) is 52.5 Å². The Bertz CT molecular complexity index is 1470. The Morgan fingerprint density at radius 2 is 1.84 bits per heavy atom. The first kappa shape index (κ1) is 26.8. The number of carboxylic acid groups (broad SMARTS) is 1. The van der Waals surface area contributed by atoms with Crippen molar-refractivity contribution in [3.8, 4) is 5.75 Å². The smallest absolute Gasteiger partial charge is 0.481 e. The average molecular weight is 572 g/mol. The minimum absolute atomic E-state index is 0.0499. The molecule has 2 heterocycles. The number of sulfonamides is 1. The fourth-order valence-corrected chi connectivity index (χ4v) is 7.55. The van der Waals surface area contributed by atoms with Crippen molar-refractivity contribution in [1.29, 1.82) is 0 Å². The van der Waals surface area contributed by atoms with Crippen LogP contribution in [0.15, 0.2) is 47.4 Å². The van der Waals surface area contributed by atoms with E-state index in [1.54, 1.807) is 22.9 Å². The lowest BCUT2D eigenvalue weighted by molar-refractivity contribution is -0.274. The van der Waals surface area contributed by atoms with Crippen LogP contribution in [0.5, 0.6) is 5.75 Å². The van der Waals surface area contributed by atoms with Gasteiger partial charge in [0.15, 0.2) is 0 Å². The summed E-state index contributed by atoms with van der Waals surface area (Å²) in [5.41, 5.74) is 0.994. The SMILES string of the molecule is C[C@@H]1CN(S(=O)(=O)c2ccc(OC(F)(F)F)cc2)C(C2CCC2)[C@@H]1n1nc(CC(=O)O)c2ccc(Cl)cc21. The number of aliphatic carboxylic acids is 1. The number of hydrogen-bond donors (Lipinski definition) is 1. The summed E-state index contributed by atoms with van der Waals surface area (Å²) in [6.07, 6.45) is -2.59. The molecule has 204 valence electrons. The molecule has 1 aliphatic carbocycles. The molecule has 0 spiro atoms. The van der Waals surface area contributed by atoms with Gasteiger partial charge < -0.3 is 9.84 Å². The largest absolute Gasteiger partial charge is 0.573 e. The van der Waals surface area contributed by atoms with Gasteiger partial charge in [-0.3, -0.25) is 9.48 Å². The Morgan fingerprint density at radius 3 is 2.42 bits per heavy atom. The van der Waals surface area contributed by atoms with Gasteiger partial charge in [-0.05, 0) is 67.1 Å². The predicted octanol–water partition coefficient (Wildman–Crippen LogP) is 5.27. The average Bonchev–Trinajstić information content (AvgIpc) is 3.29. The number of aromatic nitrogens is 2. The lowest BCUT2D eigenvalue weighted by Gasteiger charge is -2.39. The van der Waals surface area contributed by atoms with E-state index < -0.39 is 40.2 Å². The van der Waals surface area contributed by atoms with Crippen LogP contribution < -0.4 is 4.74 Å². The van der Waals surface area contributed by atoms with E-state index in [2.05, 4.69) is 9.84 Å². The lowest BCUT2D eigenvalue weighted by atomic mass is 9.76. The summed E-state index contributed by atoms with van der Waals surface area (Å²) >= 11 is 6.28. The van der Waals surface area contributed by atoms with Gasteiger partial charge in [-0.2, -0.15) is 9.40 Å². The number of ether oxygens (including phenoxy) is 1. The fraction of sp³-hybridized carbons (Fsp3) is 0.440. The minimum atomic E-state index is -4.89. The Morgan fingerprint density at radius 1 is 1.16 bits per heavy atom. The highest BCUT2D eigenvalue weighted by Gasteiger charge is 2.51. The molecular weight excluding hydrogens is 547 g/mol. The Labute approximate surface area is 222 Å². The third kappa shape index (κ3) is 4.96. The summed E-state index contributed by atoms with van der Waals surface area (Å²) in [6, 6.07) is 8.40. The van der Waals surface area contributed by atoms with Crippen LogP contribution in [0.4, 0.5) is 13.2 Å². The summed E-state index contributed by atoms with van der Waals surface area (Å²) < 4.78 is 72.4. The number of nitrogens with zero attached hydrogens (tertiary/aromatic N) is 3. The molecule has 38 heavy (non-hydrogen) atoms. The van der Waals surface area contributed by atoms with Gasteiger partial charge in [0, 0.05) is 17.0 Å². The monoisotopic (exact) mass is 571 g/mol. The van der Waals surface area contributed by atoms with E-state index in [1.807, 2.05) is 6.92 Å². The van der Waals surface area contributed by atoms with Crippen molar-refractivity contribution in [2.24, 2.45) is 11.8 Å². The fourth-order valence-electron chi connectivity index (χ4n) is 5.59. The maximum Gasteiger partial charge on any atom is 0.573 e. The predicted molar refractivity (Wildman–Crippen MR) is 132 cm³/mol. The van der Waals surface area contributed by atoms with Crippen LogP contribution in [0.25, 0.3) is 10.9 Å². The zero-order valence-corrected chi connectivity index (χ0v) is 21.8. The highest BCUT2D eigenvalue weighted by Crippen LogP contribution is 2.47. The maximum atomic E-state index is 13.8. The van der Waals surface area contributed by atoms with E-state index in [0.29, 0.717) is 21.6 Å². The molecule has 2 aliphatic rings. The van der Waals surface area contributed by atoms with E-state index >= 15 is 0 Å². The molecule has 1 saturated heterocycles. The quantitative estimate of drug-likeness (QED) is 0.415. The van der Waals surface area contributed by atoms with Gasteiger partial charge in [-0.15, -0.1) is 13.2 Å². The summed E-state index contributed by atoms with van der Waals surface area (Å²) in [5.74, 6) is -1.69. The number of halogens is 4. The lowest BCUT2D eigenvalue weighted by Crippen LogP contribution is -2.45. The molecule has 8 nitrogen and oxygen atoms in total. The van der Waals surface area contributed by atoms with Crippen molar-refractivity contribution in [1.82, 2.24) is 14.1 Å². The molecule has 1 aromatic heterocycles. The highest BCUT2D eigenvalue weighted by atomic mass is 35.5. The second-order valence-corrected chi connectivity index (χ2v) is 12.2. The van der Waals surface area contributed by atoms with Gasteiger partial charge >= 0.3 is 12.3 Å². The highest BCUT2D eigenvalue weighted by molar-refractivity contribution is 7.89. The zero-order valence-electron chi connectivity index (χ0n) is 20.2. The number of carboxylic acids is 1. The third-order valence-electron chi connectivity index (χ3n) is 7.38. The van der Waals surface area contributed by atoms with Gasteiger partial charge in [-0.1, -0.05) is 24.9 Å². The van der Waals surface area contributed by atoms with Gasteiger partial charge in [0.25, 0.3) is 0 Å². The normalized spacial score (nSPS) is 23.0. The first-order valence-corrected chi connectivity index (χ1v) is 13.9. The number of rotatable bonds is 7. The molecule has 1 unspecified atom stereocenters. The molecule has 5 rings (SSSR count). The van der Waals surface area contributed by atoms with Crippen LogP contribution in [0.3, 0.4) is 0 Å². The van der Waals surface area contributed by atoms with E-state index in [-0.39, 0.29) is 29.7 Å². The molecule has 3 atom stereocenters. The molecule has 0 bridgehead atoms. The first-order valence-electron chi connectivity index (χ1n) is 12.1. The van der Waals surface area contributed by atoms with Crippen molar-refractivity contribution in [2.75, 3.05) is 6.54 Å². The van der Waals surface area contributed by atoms with E-state index in [9.17, 15) is 31.5 Å². The molecule has 1 saturated carbocycles. The Hall–Kier alpha value is -2.83. The van der Waals surface area contributed by atoms with Crippen molar-refractivity contribution in [2.45, 2.75) is 55.9 Å². The van der Waals surface area contributed by atoms with Crippen molar-refractivity contribution in [3.05, 3.63) is 53.2 Å². The summed E-state index contributed by atoms with van der Waals surface area (Å²) in [4.78, 5) is 11.4. The zero-order chi connectivity index (χ0) is 27.4. The van der Waals surface area contributed by atoms with Gasteiger partial charge in [0.2, 0.25) is 10.0 Å². The molecule has 2 aromatic carbocycles. The maximum absolute atomic E-state index is 13.8. The van der Waals surface area contributed by atoms with Crippen molar-refractivity contribution >= 4 is 38.5 Å². The second kappa shape index (κ2) is 9.73. The number of hydrogen-bond acceptors (Lipinski definition) is 5. The number of benzene rings is 2. The van der Waals surface area contributed by atoms with E-state index in [1.165, 1.54) is 4.31 Å². The molecule has 1 aliphatic heterocycles. The Balaban J connectivity index is 1.56. The summed E-state index contributed by atoms with van der Waals surface area (Å²) in [5, 5.41) is 15.2. The van der Waals surface area contributed by atoms with Crippen LogP contribution in [0.2, 0.25) is 5.02 Å². The van der Waals surface area contributed by atoms with Crippen LogP contribution in [0.1, 0.15) is 37.9 Å². The molecule has 2 fully saturated rings. The van der Waals surface area contributed by atoms with Crippen LogP contribution in [0, 0.1) is 11.8 Å². The molecule has 0 amide bonds. The Kier molecular flexibility index (Phi) is 6.85. The molecule has 13 heteroatoms. The summed E-state index contributed by atoms with van der Waals surface area (Å²) in [6.45, 7) is 2.09. The minimum Gasteiger partial charge on any atom is -0.481 e. The van der Waals surface area contributed by atoms with Crippen LogP contribution in [-0.2, 0) is 21.2 Å². The van der Waals surface area contributed by atoms with Gasteiger partial charge in [0.1, 0.15) is 5.75 Å². The van der Waals surface area contributed by atoms with Crippen molar-refractivity contribution in [3.63, 3.8) is 0 Å². The van der Waals surface area contributed by atoms with Gasteiger partial charge in [0.05, 0.1) is 34.6 Å². The number of alkyl halides is 3. The number of fused-ring (bicyclic) bond motifs is 1.